The molecule has 1 aromatic carbocycles. The Morgan fingerprint density at radius 2 is 2.14 bits per heavy atom. The van der Waals surface area contributed by atoms with E-state index in [-0.39, 0.29) is 17.2 Å². The fourth-order valence-electron chi connectivity index (χ4n) is 1.95. The molecule has 2 aromatic rings. The number of nitrogens with zero attached hydrogens (tertiary/aromatic N) is 2. The van der Waals surface area contributed by atoms with E-state index in [4.69, 9.17) is 0 Å². The maximum atomic E-state index is 12.2. The van der Waals surface area contributed by atoms with Crippen LogP contribution in [-0.2, 0) is 0 Å². The minimum atomic E-state index is -0.502. The van der Waals surface area contributed by atoms with Gasteiger partial charge in [-0.15, -0.1) is 0 Å². The van der Waals surface area contributed by atoms with Crippen LogP contribution in [0.5, 0.6) is 0 Å². The number of anilines is 1. The number of H-pyrrole nitrogens is 1. The number of amides is 1. The molecule has 0 aliphatic carbocycles. The largest absolute Gasteiger partial charge is 0.305 e. The van der Waals surface area contributed by atoms with Gasteiger partial charge in [-0.2, -0.15) is 5.10 Å². The second-order valence-corrected chi connectivity index (χ2v) is 5.02. The number of nitro benzene ring substituents is 1. The van der Waals surface area contributed by atoms with Gasteiger partial charge in [-0.25, -0.2) is 0 Å². The standard InChI is InChI=1S/C14H16N4O3/c1-8(2)11-7-13(17-16-11)15-14(19)10-5-4-6-12(9(10)3)18(20)21/h4-8H,1-3H3,(H2,15,16,17,19). The van der Waals surface area contributed by atoms with Crippen molar-refractivity contribution in [3.63, 3.8) is 0 Å². The topological polar surface area (TPSA) is 101 Å². The van der Waals surface area contributed by atoms with E-state index in [1.54, 1.807) is 19.1 Å². The number of hydrogen-bond donors (Lipinski definition) is 2. The first kappa shape index (κ1) is 14.7. The lowest BCUT2D eigenvalue weighted by Gasteiger charge is -2.05. The number of carbonyl (C=O) groups is 1. The molecule has 0 radical (unpaired) electrons. The van der Waals surface area contributed by atoms with Crippen molar-refractivity contribution in [1.82, 2.24) is 10.2 Å². The summed E-state index contributed by atoms with van der Waals surface area (Å²) in [6.45, 7) is 5.56. The summed E-state index contributed by atoms with van der Waals surface area (Å²) in [4.78, 5) is 22.6. The molecule has 1 heterocycles. The Hall–Kier alpha value is -2.70. The lowest BCUT2D eigenvalue weighted by Crippen LogP contribution is -2.14. The third-order valence-corrected chi connectivity index (χ3v) is 3.21. The highest BCUT2D eigenvalue weighted by molar-refractivity contribution is 6.05. The molecular weight excluding hydrogens is 272 g/mol. The first-order valence-corrected chi connectivity index (χ1v) is 6.50. The van der Waals surface area contributed by atoms with E-state index in [0.29, 0.717) is 11.4 Å². The van der Waals surface area contributed by atoms with Gasteiger partial charge in [0.1, 0.15) is 0 Å². The molecule has 0 spiro atoms. The molecular formula is C14H16N4O3. The second-order valence-electron chi connectivity index (χ2n) is 5.02. The third kappa shape index (κ3) is 3.07. The van der Waals surface area contributed by atoms with Gasteiger partial charge in [0.25, 0.3) is 11.6 Å². The molecule has 0 bridgehead atoms. The highest BCUT2D eigenvalue weighted by Crippen LogP contribution is 2.22. The Morgan fingerprint density at radius 1 is 1.43 bits per heavy atom. The predicted octanol–water partition coefficient (Wildman–Crippen LogP) is 3.00. The first-order valence-electron chi connectivity index (χ1n) is 6.50. The average molecular weight is 288 g/mol. The summed E-state index contributed by atoms with van der Waals surface area (Å²) in [6, 6.07) is 6.16. The van der Waals surface area contributed by atoms with Crippen LogP contribution in [0.15, 0.2) is 24.3 Å². The predicted molar refractivity (Wildman–Crippen MR) is 78.5 cm³/mol. The number of nitrogens with one attached hydrogen (secondary N) is 2. The molecule has 2 rings (SSSR count). The summed E-state index contributed by atoms with van der Waals surface area (Å²) in [5.74, 6) is 0.246. The second kappa shape index (κ2) is 5.74. The van der Waals surface area contributed by atoms with Crippen LogP contribution < -0.4 is 5.32 Å². The molecule has 0 fully saturated rings. The minimum absolute atomic E-state index is 0.0763. The zero-order chi connectivity index (χ0) is 15.6. The van der Waals surface area contributed by atoms with Crippen molar-refractivity contribution in [2.75, 3.05) is 5.32 Å². The number of aromatic amines is 1. The van der Waals surface area contributed by atoms with Crippen LogP contribution in [0.4, 0.5) is 11.5 Å². The molecule has 7 heteroatoms. The van der Waals surface area contributed by atoms with E-state index in [0.717, 1.165) is 5.69 Å². The molecule has 2 N–H and O–H groups in total. The minimum Gasteiger partial charge on any atom is -0.305 e. The van der Waals surface area contributed by atoms with Crippen LogP contribution in [-0.4, -0.2) is 21.0 Å². The molecule has 21 heavy (non-hydrogen) atoms. The van der Waals surface area contributed by atoms with Crippen molar-refractivity contribution in [1.29, 1.82) is 0 Å². The number of carbonyl (C=O) groups excluding carboxylic acids is 1. The Kier molecular flexibility index (Phi) is 4.02. The van der Waals surface area contributed by atoms with Crippen LogP contribution in [0.3, 0.4) is 0 Å². The number of rotatable bonds is 4. The SMILES string of the molecule is Cc1c(C(=O)Nc2cc(C(C)C)[nH]n2)cccc1[N+](=O)[O-]. The van der Waals surface area contributed by atoms with Crippen molar-refractivity contribution >= 4 is 17.4 Å². The van der Waals surface area contributed by atoms with E-state index >= 15 is 0 Å². The summed E-state index contributed by atoms with van der Waals surface area (Å²) in [5, 5.41) is 20.4. The molecule has 0 aliphatic rings. The van der Waals surface area contributed by atoms with Gasteiger partial charge >= 0.3 is 0 Å². The Balaban J connectivity index is 2.24. The number of aromatic nitrogens is 2. The van der Waals surface area contributed by atoms with E-state index in [9.17, 15) is 14.9 Å². The normalized spacial score (nSPS) is 10.7. The van der Waals surface area contributed by atoms with Crippen molar-refractivity contribution in [2.24, 2.45) is 0 Å². The van der Waals surface area contributed by atoms with Gasteiger partial charge in [0.2, 0.25) is 0 Å². The summed E-state index contributed by atoms with van der Waals surface area (Å²) in [7, 11) is 0. The van der Waals surface area contributed by atoms with Crippen LogP contribution in [0, 0.1) is 17.0 Å². The van der Waals surface area contributed by atoms with E-state index in [2.05, 4.69) is 15.5 Å². The van der Waals surface area contributed by atoms with Gasteiger partial charge in [-0.05, 0) is 18.9 Å². The number of hydrogen-bond acceptors (Lipinski definition) is 4. The summed E-state index contributed by atoms with van der Waals surface area (Å²) in [6.07, 6.45) is 0. The highest BCUT2D eigenvalue weighted by atomic mass is 16.6. The highest BCUT2D eigenvalue weighted by Gasteiger charge is 2.18. The van der Waals surface area contributed by atoms with Crippen molar-refractivity contribution in [3.8, 4) is 0 Å². The van der Waals surface area contributed by atoms with Gasteiger partial charge in [0.15, 0.2) is 5.82 Å². The summed E-state index contributed by atoms with van der Waals surface area (Å²) in [5.41, 5.74) is 1.42. The van der Waals surface area contributed by atoms with Gasteiger partial charge in [0.05, 0.1) is 4.92 Å². The van der Waals surface area contributed by atoms with Crippen molar-refractivity contribution < 1.29 is 9.72 Å². The molecule has 0 aliphatic heterocycles. The third-order valence-electron chi connectivity index (χ3n) is 3.21. The quantitative estimate of drug-likeness (QED) is 0.667. The van der Waals surface area contributed by atoms with Gasteiger partial charge in [-0.3, -0.25) is 20.0 Å². The smallest absolute Gasteiger partial charge is 0.273 e. The molecule has 1 aromatic heterocycles. The maximum Gasteiger partial charge on any atom is 0.273 e. The van der Waals surface area contributed by atoms with Crippen LogP contribution in [0.25, 0.3) is 0 Å². The number of benzene rings is 1. The molecule has 7 nitrogen and oxygen atoms in total. The van der Waals surface area contributed by atoms with Gasteiger partial charge in [0, 0.05) is 29.0 Å². The van der Waals surface area contributed by atoms with E-state index < -0.39 is 10.8 Å². The Morgan fingerprint density at radius 3 is 2.71 bits per heavy atom. The summed E-state index contributed by atoms with van der Waals surface area (Å²) >= 11 is 0. The average Bonchev–Trinajstić information content (AvgIpc) is 2.87. The molecule has 0 saturated carbocycles. The lowest BCUT2D eigenvalue weighted by molar-refractivity contribution is -0.385. The van der Waals surface area contributed by atoms with E-state index in [1.807, 2.05) is 13.8 Å². The van der Waals surface area contributed by atoms with Gasteiger partial charge < -0.3 is 5.32 Å². The van der Waals surface area contributed by atoms with E-state index in [1.165, 1.54) is 12.1 Å². The molecule has 1 amide bonds. The molecule has 110 valence electrons. The zero-order valence-corrected chi connectivity index (χ0v) is 12.0. The lowest BCUT2D eigenvalue weighted by atomic mass is 10.1. The van der Waals surface area contributed by atoms with Crippen LogP contribution in [0.1, 0.15) is 41.4 Å². The maximum absolute atomic E-state index is 12.2. The Labute approximate surface area is 121 Å². The molecule has 0 unspecified atom stereocenters. The van der Waals surface area contributed by atoms with Crippen LogP contribution in [0.2, 0.25) is 0 Å². The monoisotopic (exact) mass is 288 g/mol. The first-order chi connectivity index (χ1) is 9.90. The van der Waals surface area contributed by atoms with Crippen LogP contribution >= 0.6 is 0 Å². The van der Waals surface area contributed by atoms with Gasteiger partial charge in [-0.1, -0.05) is 19.9 Å². The zero-order valence-electron chi connectivity index (χ0n) is 12.0. The number of nitro groups is 1. The fourth-order valence-corrected chi connectivity index (χ4v) is 1.95. The van der Waals surface area contributed by atoms with Crippen molar-refractivity contribution in [2.45, 2.75) is 26.7 Å². The summed E-state index contributed by atoms with van der Waals surface area (Å²) < 4.78 is 0. The molecule has 0 atom stereocenters. The fraction of sp³-hybridized carbons (Fsp3) is 0.286. The molecule has 0 saturated heterocycles. The van der Waals surface area contributed by atoms with Crippen molar-refractivity contribution in [3.05, 3.63) is 51.2 Å². The Bertz CT molecular complexity index is 691.